The van der Waals surface area contributed by atoms with Crippen molar-refractivity contribution in [2.75, 3.05) is 26.2 Å². The highest BCUT2D eigenvalue weighted by Gasteiger charge is 2.45. The van der Waals surface area contributed by atoms with Crippen LogP contribution in [-0.4, -0.2) is 76.6 Å². The molecule has 7 N–H and O–H groups in total. The fourth-order valence-electron chi connectivity index (χ4n) is 6.71. The second kappa shape index (κ2) is 20.5. The average molecular weight is 815 g/mol. The molecule has 1 saturated carbocycles. The van der Waals surface area contributed by atoms with Gasteiger partial charge in [0.2, 0.25) is 11.2 Å². The van der Waals surface area contributed by atoms with Gasteiger partial charge in [0.05, 0.1) is 21.4 Å². The number of esters is 1. The van der Waals surface area contributed by atoms with E-state index < -0.39 is 17.7 Å². The van der Waals surface area contributed by atoms with E-state index in [0.717, 1.165) is 18.4 Å². The van der Waals surface area contributed by atoms with Gasteiger partial charge < -0.3 is 45.7 Å². The number of rotatable bonds is 17. The first-order valence-corrected chi connectivity index (χ1v) is 19.9. The first-order chi connectivity index (χ1) is 26.1. The zero-order valence-electron chi connectivity index (χ0n) is 30.8. The number of ether oxygens (including phenoxy) is 2. The molecule has 1 fully saturated rings. The molecule has 0 aliphatic heterocycles. The molecule has 0 saturated heterocycles. The third-order valence-corrected chi connectivity index (χ3v) is 11.6. The Morgan fingerprint density at radius 3 is 2.25 bits per heavy atom. The topological polar surface area (TPSA) is 182 Å². The van der Waals surface area contributed by atoms with E-state index in [1.807, 2.05) is 54.1 Å². The van der Waals surface area contributed by atoms with E-state index in [0.29, 0.717) is 64.3 Å². The van der Waals surface area contributed by atoms with Gasteiger partial charge in [-0.15, -0.1) is 22.7 Å². The monoisotopic (exact) mass is 814 g/mol. The number of thiophene rings is 2. The van der Waals surface area contributed by atoms with Crippen molar-refractivity contribution in [3.8, 4) is 11.5 Å². The summed E-state index contributed by atoms with van der Waals surface area (Å²) < 4.78 is 11.5. The number of aliphatic hydroxyl groups is 2. The van der Waals surface area contributed by atoms with Crippen LogP contribution < -0.4 is 26.2 Å². The Morgan fingerprint density at radius 2 is 1.61 bits per heavy atom. The summed E-state index contributed by atoms with van der Waals surface area (Å²) in [7, 11) is 0. The van der Waals surface area contributed by atoms with E-state index in [9.17, 15) is 29.7 Å². The predicted molar refractivity (Wildman–Crippen MR) is 214 cm³/mol. The summed E-state index contributed by atoms with van der Waals surface area (Å²) in [5.41, 5.74) is -0.160. The van der Waals surface area contributed by atoms with E-state index in [1.54, 1.807) is 24.3 Å². The SMILES string of the molecule is CC(Cc1ccc(OCC(=O)NCCNC2CCC(OC(=O)C(O)(c3cccs3)c3cccs3)CC2)cc1)NC[C@H](O)c1ccc(O)c2[nH]c(=O)ccc12.F.F. The molecule has 3 aromatic heterocycles. The maximum atomic E-state index is 13.3. The number of fused-ring (bicyclic) bond motifs is 1. The number of amides is 1. The number of H-pyrrole nitrogens is 1. The third-order valence-electron chi connectivity index (χ3n) is 9.64. The molecule has 0 bridgehead atoms. The Balaban J connectivity index is 0.00000348. The number of phenols is 1. The van der Waals surface area contributed by atoms with Gasteiger partial charge in [0.25, 0.3) is 5.91 Å². The molecular formula is C40H48F2N4O8S2. The summed E-state index contributed by atoms with van der Waals surface area (Å²) in [6.45, 7) is 3.25. The van der Waals surface area contributed by atoms with Crippen LogP contribution >= 0.6 is 22.7 Å². The quantitative estimate of drug-likeness (QED) is 0.0510. The van der Waals surface area contributed by atoms with Crippen LogP contribution in [0.5, 0.6) is 11.5 Å². The molecule has 12 nitrogen and oxygen atoms in total. The number of aliphatic hydroxyl groups excluding tert-OH is 1. The minimum Gasteiger partial charge on any atom is -0.506 e. The van der Waals surface area contributed by atoms with Crippen molar-refractivity contribution < 1.29 is 43.8 Å². The number of hydrogen-bond donors (Lipinski definition) is 7. The van der Waals surface area contributed by atoms with Gasteiger partial charge in [0, 0.05) is 43.2 Å². The van der Waals surface area contributed by atoms with Crippen molar-refractivity contribution >= 4 is 45.5 Å². The van der Waals surface area contributed by atoms with Crippen molar-refractivity contribution in [3.05, 3.63) is 115 Å². The number of aromatic nitrogens is 1. The van der Waals surface area contributed by atoms with E-state index in [1.165, 1.54) is 34.8 Å². The molecule has 0 radical (unpaired) electrons. The molecule has 16 heteroatoms. The van der Waals surface area contributed by atoms with Crippen LogP contribution in [0.25, 0.3) is 10.9 Å². The Morgan fingerprint density at radius 1 is 0.929 bits per heavy atom. The summed E-state index contributed by atoms with van der Waals surface area (Å²) in [6.07, 6.45) is 2.61. The first-order valence-electron chi connectivity index (χ1n) is 18.1. The number of nitrogens with one attached hydrogen (secondary N) is 4. The minimum absolute atomic E-state index is 0. The molecule has 1 aliphatic carbocycles. The molecular weight excluding hydrogens is 767 g/mol. The number of pyridine rings is 1. The summed E-state index contributed by atoms with van der Waals surface area (Å²) in [5, 5.41) is 46.4. The van der Waals surface area contributed by atoms with Gasteiger partial charge in [-0.25, -0.2) is 4.79 Å². The van der Waals surface area contributed by atoms with E-state index in [2.05, 4.69) is 20.9 Å². The number of benzene rings is 2. The Bertz CT molecular complexity index is 2010. The van der Waals surface area contributed by atoms with Crippen molar-refractivity contribution in [1.82, 2.24) is 20.9 Å². The zero-order chi connectivity index (χ0) is 38.1. The summed E-state index contributed by atoms with van der Waals surface area (Å²) >= 11 is 2.66. The number of hydrogen-bond acceptors (Lipinski definition) is 12. The van der Waals surface area contributed by atoms with Crippen LogP contribution in [0, 0.1) is 0 Å². The van der Waals surface area contributed by atoms with Crippen molar-refractivity contribution in [2.24, 2.45) is 0 Å². The van der Waals surface area contributed by atoms with Gasteiger partial charge >= 0.3 is 5.97 Å². The van der Waals surface area contributed by atoms with Crippen LogP contribution in [0.4, 0.5) is 9.41 Å². The summed E-state index contributed by atoms with van der Waals surface area (Å²) in [6, 6.07) is 21.0. The fraction of sp³-hybridized carbons (Fsp3) is 0.375. The standard InChI is InChI=1S/C40H46N4O8S2.2FH/c1-25(43-23-33(46)30-14-16-32(45)38-31(30)15-17-36(47)44-38)22-26-6-10-28(11-7-26)51-24-37(48)42-19-18-41-27-8-12-29(13-9-27)52-39(49)40(50,34-4-2-20-53-34)35-5-3-21-54-35;;/h2-7,10-11,14-17,20-21,25,27,29,33,41,43,45-46,50H,8-9,12-13,18-19,22-24H2,1H3,(H,42,48)(H,44,47);2*1H/t25?,27?,29?,33-;;/m0../s1. The number of halogens is 2. The highest BCUT2D eigenvalue weighted by Crippen LogP contribution is 2.38. The second-order valence-corrected chi connectivity index (χ2v) is 15.5. The Kier molecular flexibility index (Phi) is 16.1. The molecule has 6 rings (SSSR count). The maximum Gasteiger partial charge on any atom is 0.349 e. The average Bonchev–Trinajstić information content (AvgIpc) is 3.93. The van der Waals surface area contributed by atoms with Gasteiger partial charge in [0.15, 0.2) is 6.61 Å². The highest BCUT2D eigenvalue weighted by molar-refractivity contribution is 7.12. The second-order valence-electron chi connectivity index (χ2n) is 13.6. The Hall–Kier alpha value is -4.71. The van der Waals surface area contributed by atoms with Crippen LogP contribution in [-0.2, 0) is 26.3 Å². The normalized spacial score (nSPS) is 16.6. The molecule has 1 aliphatic rings. The number of carbonyl (C=O) groups is 2. The van der Waals surface area contributed by atoms with Gasteiger partial charge in [-0.2, -0.15) is 0 Å². The molecule has 2 atom stereocenters. The van der Waals surface area contributed by atoms with Crippen LogP contribution in [0.1, 0.15) is 59.6 Å². The van der Waals surface area contributed by atoms with E-state index in [-0.39, 0.29) is 58.0 Å². The smallest absolute Gasteiger partial charge is 0.349 e. The largest absolute Gasteiger partial charge is 0.506 e. The molecule has 3 heterocycles. The number of carbonyl (C=O) groups excluding carboxylic acids is 2. The fourth-order valence-corrected chi connectivity index (χ4v) is 8.42. The van der Waals surface area contributed by atoms with E-state index >= 15 is 0 Å². The van der Waals surface area contributed by atoms with Gasteiger partial charge in [0.1, 0.15) is 17.6 Å². The molecule has 1 unspecified atom stereocenters. The van der Waals surface area contributed by atoms with Crippen molar-refractivity contribution in [3.63, 3.8) is 0 Å². The lowest BCUT2D eigenvalue weighted by Gasteiger charge is -2.32. The lowest BCUT2D eigenvalue weighted by atomic mass is 9.92. The third kappa shape index (κ3) is 11.0. The van der Waals surface area contributed by atoms with Gasteiger partial charge in [-0.05, 0) is 97.3 Å². The van der Waals surface area contributed by atoms with Crippen LogP contribution in [0.3, 0.4) is 0 Å². The summed E-state index contributed by atoms with van der Waals surface area (Å²) in [4.78, 5) is 41.1. The van der Waals surface area contributed by atoms with Crippen LogP contribution in [0.15, 0.2) is 88.4 Å². The highest BCUT2D eigenvalue weighted by atomic mass is 32.1. The summed E-state index contributed by atoms with van der Waals surface area (Å²) in [5.74, 6) is -0.318. The maximum absolute atomic E-state index is 13.3. The van der Waals surface area contributed by atoms with Gasteiger partial charge in [-0.3, -0.25) is 19.0 Å². The minimum atomic E-state index is -1.80. The number of phenolic OH excluding ortho intramolecular Hbond substituents is 1. The molecule has 2 aromatic carbocycles. The van der Waals surface area contributed by atoms with Crippen molar-refractivity contribution in [2.45, 2.75) is 68.9 Å². The lowest BCUT2D eigenvalue weighted by molar-refractivity contribution is -0.169. The molecule has 56 heavy (non-hydrogen) atoms. The predicted octanol–water partition coefficient (Wildman–Crippen LogP) is 4.79. The molecule has 1 amide bonds. The molecule has 5 aromatic rings. The zero-order valence-corrected chi connectivity index (χ0v) is 32.4. The Labute approximate surface area is 330 Å². The first kappa shape index (κ1) is 44.0. The lowest BCUT2D eigenvalue weighted by Crippen LogP contribution is -2.43. The number of aromatic hydroxyl groups is 1. The molecule has 302 valence electrons. The number of aromatic amines is 1. The molecule has 0 spiro atoms. The van der Waals surface area contributed by atoms with Crippen molar-refractivity contribution in [1.29, 1.82) is 0 Å². The van der Waals surface area contributed by atoms with Crippen LogP contribution in [0.2, 0.25) is 0 Å². The van der Waals surface area contributed by atoms with E-state index in [4.69, 9.17) is 9.47 Å². The van der Waals surface area contributed by atoms with Gasteiger partial charge in [-0.1, -0.05) is 30.3 Å².